The average molecular weight is 405 g/mol. The SMILES string of the molecule is O=S(=O)(c1cc(Br)sc1Br)N(CCO)C1CC1. The van der Waals surface area contributed by atoms with E-state index >= 15 is 0 Å². The lowest BCUT2D eigenvalue weighted by Crippen LogP contribution is -2.35. The van der Waals surface area contributed by atoms with Crippen molar-refractivity contribution >= 4 is 53.2 Å². The fourth-order valence-corrected chi connectivity index (χ4v) is 7.03. The molecule has 0 spiro atoms. The maximum atomic E-state index is 12.4. The van der Waals surface area contributed by atoms with Crippen molar-refractivity contribution in [3.63, 3.8) is 0 Å². The second-order valence-corrected chi connectivity index (χ2v) is 9.37. The molecule has 1 aromatic heterocycles. The third kappa shape index (κ3) is 2.93. The average Bonchev–Trinajstić information content (AvgIpc) is 3.00. The highest BCUT2D eigenvalue weighted by molar-refractivity contribution is 9.12. The van der Waals surface area contributed by atoms with Gasteiger partial charge in [-0.3, -0.25) is 0 Å². The maximum absolute atomic E-state index is 12.4. The van der Waals surface area contributed by atoms with Crippen molar-refractivity contribution in [2.75, 3.05) is 13.2 Å². The number of halogens is 2. The lowest BCUT2D eigenvalue weighted by molar-refractivity contribution is 0.250. The van der Waals surface area contributed by atoms with E-state index in [1.165, 1.54) is 15.6 Å². The Bertz CT molecular complexity index is 510. The van der Waals surface area contributed by atoms with Crippen LogP contribution in [0.5, 0.6) is 0 Å². The number of aliphatic hydroxyl groups excluding tert-OH is 1. The minimum absolute atomic E-state index is 0.0534. The monoisotopic (exact) mass is 403 g/mol. The summed E-state index contributed by atoms with van der Waals surface area (Å²) in [6.45, 7) is 0.00552. The molecule has 1 saturated carbocycles. The van der Waals surface area contributed by atoms with Crippen LogP contribution in [0.25, 0.3) is 0 Å². The van der Waals surface area contributed by atoms with E-state index in [0.29, 0.717) is 3.79 Å². The summed E-state index contributed by atoms with van der Waals surface area (Å²) in [5.74, 6) is 0. The second-order valence-electron chi connectivity index (χ2n) is 3.76. The minimum atomic E-state index is -3.50. The van der Waals surface area contributed by atoms with E-state index in [-0.39, 0.29) is 24.1 Å². The molecule has 4 nitrogen and oxygen atoms in total. The van der Waals surface area contributed by atoms with Gasteiger partial charge in [0.05, 0.1) is 14.2 Å². The van der Waals surface area contributed by atoms with Gasteiger partial charge in [-0.2, -0.15) is 4.31 Å². The first-order valence-corrected chi connectivity index (χ1v) is 8.88. The highest BCUT2D eigenvalue weighted by atomic mass is 79.9. The lowest BCUT2D eigenvalue weighted by atomic mass is 10.6. The van der Waals surface area contributed by atoms with Crippen molar-refractivity contribution < 1.29 is 13.5 Å². The molecule has 17 heavy (non-hydrogen) atoms. The first-order valence-electron chi connectivity index (χ1n) is 5.04. The molecule has 1 fully saturated rings. The van der Waals surface area contributed by atoms with Crippen LogP contribution in [0.4, 0.5) is 0 Å². The number of hydrogen-bond acceptors (Lipinski definition) is 4. The molecule has 0 amide bonds. The van der Waals surface area contributed by atoms with Crippen LogP contribution in [0.1, 0.15) is 12.8 Å². The molecular formula is C9H11Br2NO3S2. The van der Waals surface area contributed by atoms with Crippen molar-refractivity contribution in [1.82, 2.24) is 4.31 Å². The summed E-state index contributed by atoms with van der Waals surface area (Å²) in [6, 6.07) is 1.65. The van der Waals surface area contributed by atoms with Crippen LogP contribution < -0.4 is 0 Å². The summed E-state index contributed by atoms with van der Waals surface area (Å²) in [5, 5.41) is 8.97. The normalized spacial score (nSPS) is 16.7. The van der Waals surface area contributed by atoms with E-state index in [9.17, 15) is 8.42 Å². The van der Waals surface area contributed by atoms with Gasteiger partial charge in [0.15, 0.2) is 0 Å². The number of thiophene rings is 1. The number of aliphatic hydroxyl groups is 1. The van der Waals surface area contributed by atoms with E-state index < -0.39 is 10.0 Å². The van der Waals surface area contributed by atoms with Crippen LogP contribution in [0.3, 0.4) is 0 Å². The molecule has 1 aliphatic rings. The topological polar surface area (TPSA) is 57.6 Å². The Balaban J connectivity index is 2.36. The molecule has 0 bridgehead atoms. The van der Waals surface area contributed by atoms with Crippen LogP contribution in [-0.2, 0) is 10.0 Å². The van der Waals surface area contributed by atoms with Crippen molar-refractivity contribution in [3.8, 4) is 0 Å². The van der Waals surface area contributed by atoms with Crippen molar-refractivity contribution in [3.05, 3.63) is 13.6 Å². The molecule has 1 N–H and O–H groups in total. The fourth-order valence-electron chi connectivity index (χ4n) is 1.59. The zero-order chi connectivity index (χ0) is 12.6. The van der Waals surface area contributed by atoms with Crippen LogP contribution in [0, 0.1) is 0 Å². The molecule has 1 heterocycles. The van der Waals surface area contributed by atoms with Gasteiger partial charge in [-0.25, -0.2) is 8.42 Å². The van der Waals surface area contributed by atoms with Gasteiger partial charge < -0.3 is 5.11 Å². The largest absolute Gasteiger partial charge is 0.395 e. The highest BCUT2D eigenvalue weighted by Gasteiger charge is 2.38. The Kier molecular flexibility index (Phi) is 4.32. The molecule has 8 heteroatoms. The fraction of sp³-hybridized carbons (Fsp3) is 0.556. The summed E-state index contributed by atoms with van der Waals surface area (Å²) in [7, 11) is -3.50. The Hall–Kier alpha value is 0.530. The summed E-state index contributed by atoms with van der Waals surface area (Å²) in [5.41, 5.74) is 0. The second kappa shape index (κ2) is 5.26. The summed E-state index contributed by atoms with van der Waals surface area (Å²) >= 11 is 7.86. The third-order valence-corrected chi connectivity index (χ3v) is 7.19. The van der Waals surface area contributed by atoms with Crippen LogP contribution in [0.15, 0.2) is 18.5 Å². The number of sulfonamides is 1. The van der Waals surface area contributed by atoms with Gasteiger partial charge in [0.1, 0.15) is 4.90 Å². The Morgan fingerprint density at radius 1 is 1.47 bits per heavy atom. The van der Waals surface area contributed by atoms with Gasteiger partial charge in [-0.1, -0.05) is 0 Å². The molecule has 0 radical (unpaired) electrons. The zero-order valence-electron chi connectivity index (χ0n) is 8.77. The molecule has 0 aliphatic heterocycles. The van der Waals surface area contributed by atoms with Crippen LogP contribution in [-0.4, -0.2) is 37.0 Å². The van der Waals surface area contributed by atoms with E-state index in [1.54, 1.807) is 6.07 Å². The van der Waals surface area contributed by atoms with Crippen molar-refractivity contribution in [1.29, 1.82) is 0 Å². The van der Waals surface area contributed by atoms with Crippen LogP contribution >= 0.6 is 43.2 Å². The smallest absolute Gasteiger partial charge is 0.245 e. The number of rotatable bonds is 5. The van der Waals surface area contributed by atoms with Crippen molar-refractivity contribution in [2.24, 2.45) is 0 Å². The van der Waals surface area contributed by atoms with E-state index in [4.69, 9.17) is 5.11 Å². The third-order valence-electron chi connectivity index (χ3n) is 2.49. The molecule has 0 atom stereocenters. The van der Waals surface area contributed by atoms with E-state index in [1.807, 2.05) is 0 Å². The van der Waals surface area contributed by atoms with Gasteiger partial charge in [-0.15, -0.1) is 11.3 Å². The summed E-state index contributed by atoms with van der Waals surface area (Å²) < 4.78 is 27.6. The first-order chi connectivity index (χ1) is 7.96. The maximum Gasteiger partial charge on any atom is 0.245 e. The van der Waals surface area contributed by atoms with Gasteiger partial charge >= 0.3 is 0 Å². The first kappa shape index (κ1) is 14.0. The molecule has 0 unspecified atom stereocenters. The minimum Gasteiger partial charge on any atom is -0.395 e. The van der Waals surface area contributed by atoms with Crippen LogP contribution in [0.2, 0.25) is 0 Å². The molecule has 0 aromatic carbocycles. The molecule has 1 aromatic rings. The number of nitrogens with zero attached hydrogens (tertiary/aromatic N) is 1. The van der Waals surface area contributed by atoms with Gasteiger partial charge in [0, 0.05) is 12.6 Å². The highest BCUT2D eigenvalue weighted by Crippen LogP contribution is 2.39. The Morgan fingerprint density at radius 3 is 2.53 bits per heavy atom. The quantitative estimate of drug-likeness (QED) is 0.819. The van der Waals surface area contributed by atoms with Gasteiger partial charge in [0.25, 0.3) is 0 Å². The van der Waals surface area contributed by atoms with E-state index in [0.717, 1.165) is 16.6 Å². The van der Waals surface area contributed by atoms with Gasteiger partial charge in [-0.05, 0) is 50.8 Å². The van der Waals surface area contributed by atoms with Gasteiger partial charge in [0.2, 0.25) is 10.0 Å². The van der Waals surface area contributed by atoms with E-state index in [2.05, 4.69) is 31.9 Å². The molecule has 2 rings (SSSR count). The predicted molar refractivity (Wildman–Crippen MR) is 73.7 cm³/mol. The number of hydrogen-bond donors (Lipinski definition) is 1. The Morgan fingerprint density at radius 2 is 2.12 bits per heavy atom. The molecule has 0 saturated heterocycles. The summed E-state index contributed by atoms with van der Waals surface area (Å²) in [6.07, 6.45) is 1.75. The lowest BCUT2D eigenvalue weighted by Gasteiger charge is -2.20. The predicted octanol–water partition coefficient (Wildman–Crippen LogP) is 2.42. The summed E-state index contributed by atoms with van der Waals surface area (Å²) in [4.78, 5) is 0.273. The van der Waals surface area contributed by atoms with Crippen molar-refractivity contribution in [2.45, 2.75) is 23.8 Å². The molecule has 1 aliphatic carbocycles. The Labute approximate surface area is 121 Å². The molecule has 96 valence electrons. The zero-order valence-corrected chi connectivity index (χ0v) is 13.6. The standard InChI is InChI=1S/C9H11Br2NO3S2/c10-8-5-7(9(11)16-8)17(14,15)12(3-4-13)6-1-2-6/h5-6,13H,1-4H2. The molecular weight excluding hydrogens is 394 g/mol.